The SMILES string of the molecule is COc1ccc(F)cc1C1(C(Nc2cccc3nc(C)ccc23)C(C)(O)C(F)(F)F)CC1. The molecule has 0 aliphatic heterocycles. The van der Waals surface area contributed by atoms with Gasteiger partial charge in [-0.2, -0.15) is 13.2 Å². The van der Waals surface area contributed by atoms with Gasteiger partial charge in [0, 0.05) is 27.7 Å². The van der Waals surface area contributed by atoms with Crippen molar-refractivity contribution in [3.8, 4) is 5.75 Å². The molecule has 0 bridgehead atoms. The molecule has 2 N–H and O–H groups in total. The van der Waals surface area contributed by atoms with Crippen LogP contribution in [0.4, 0.5) is 23.2 Å². The summed E-state index contributed by atoms with van der Waals surface area (Å²) < 4.78 is 61.7. The summed E-state index contributed by atoms with van der Waals surface area (Å²) in [4.78, 5) is 4.44. The molecule has 1 heterocycles. The monoisotopic (exact) mass is 448 g/mol. The zero-order valence-corrected chi connectivity index (χ0v) is 17.9. The van der Waals surface area contributed by atoms with Crippen LogP contribution in [0, 0.1) is 12.7 Å². The van der Waals surface area contributed by atoms with Gasteiger partial charge in [-0.3, -0.25) is 4.98 Å². The predicted molar refractivity (Wildman–Crippen MR) is 114 cm³/mol. The second-order valence-electron chi connectivity index (χ2n) is 8.55. The van der Waals surface area contributed by atoms with Crippen LogP contribution in [0.3, 0.4) is 0 Å². The summed E-state index contributed by atoms with van der Waals surface area (Å²) in [7, 11) is 1.38. The number of halogens is 4. The number of aromatic nitrogens is 1. The van der Waals surface area contributed by atoms with Gasteiger partial charge in [0.05, 0.1) is 18.7 Å². The maximum Gasteiger partial charge on any atom is 0.418 e. The number of rotatable bonds is 6. The topological polar surface area (TPSA) is 54.4 Å². The Bertz CT molecular complexity index is 1160. The normalized spacial score (nSPS) is 18.1. The van der Waals surface area contributed by atoms with E-state index in [4.69, 9.17) is 4.74 Å². The predicted octanol–water partition coefficient (Wildman–Crippen LogP) is 5.52. The largest absolute Gasteiger partial charge is 0.496 e. The van der Waals surface area contributed by atoms with Crippen LogP contribution in [0.2, 0.25) is 0 Å². The molecule has 8 heteroatoms. The lowest BCUT2D eigenvalue weighted by Crippen LogP contribution is -2.60. The van der Waals surface area contributed by atoms with E-state index in [1.807, 2.05) is 6.92 Å². The lowest BCUT2D eigenvalue weighted by atomic mass is 9.77. The highest BCUT2D eigenvalue weighted by Crippen LogP contribution is 2.58. The molecule has 1 fully saturated rings. The molecule has 0 radical (unpaired) electrons. The van der Waals surface area contributed by atoms with Gasteiger partial charge >= 0.3 is 6.18 Å². The minimum atomic E-state index is -4.93. The molecule has 1 aromatic heterocycles. The first kappa shape index (κ1) is 22.3. The summed E-state index contributed by atoms with van der Waals surface area (Å²) >= 11 is 0. The van der Waals surface area contributed by atoms with E-state index in [1.54, 1.807) is 30.3 Å². The van der Waals surface area contributed by atoms with Crippen molar-refractivity contribution < 1.29 is 27.4 Å². The number of benzene rings is 2. The minimum Gasteiger partial charge on any atom is -0.496 e. The van der Waals surface area contributed by atoms with Crippen LogP contribution in [-0.4, -0.2) is 35.0 Å². The van der Waals surface area contributed by atoms with Crippen molar-refractivity contribution in [2.75, 3.05) is 12.4 Å². The maximum absolute atomic E-state index is 14.1. The van der Waals surface area contributed by atoms with E-state index in [-0.39, 0.29) is 5.75 Å². The molecule has 4 nitrogen and oxygen atoms in total. The molecule has 170 valence electrons. The first-order valence-electron chi connectivity index (χ1n) is 10.3. The Balaban J connectivity index is 1.88. The second kappa shape index (κ2) is 7.62. The summed E-state index contributed by atoms with van der Waals surface area (Å²) in [5.41, 5.74) is -2.18. The van der Waals surface area contributed by atoms with Crippen LogP contribution in [0.25, 0.3) is 10.9 Å². The van der Waals surface area contributed by atoms with Crippen molar-refractivity contribution in [3.05, 3.63) is 65.6 Å². The van der Waals surface area contributed by atoms with Crippen molar-refractivity contribution in [2.45, 2.75) is 49.9 Å². The molecule has 2 unspecified atom stereocenters. The lowest BCUT2D eigenvalue weighted by molar-refractivity contribution is -0.260. The van der Waals surface area contributed by atoms with Crippen LogP contribution < -0.4 is 10.1 Å². The average molecular weight is 448 g/mol. The number of aryl methyl sites for hydroxylation is 1. The maximum atomic E-state index is 14.1. The Hall–Kier alpha value is -2.87. The van der Waals surface area contributed by atoms with E-state index in [0.29, 0.717) is 35.0 Å². The smallest absolute Gasteiger partial charge is 0.418 e. The molecule has 0 amide bonds. The van der Waals surface area contributed by atoms with E-state index in [0.717, 1.165) is 12.6 Å². The number of anilines is 1. The van der Waals surface area contributed by atoms with Gasteiger partial charge in [-0.05, 0) is 69.2 Å². The Kier molecular flexibility index (Phi) is 5.32. The third kappa shape index (κ3) is 3.66. The summed E-state index contributed by atoms with van der Waals surface area (Å²) in [5, 5.41) is 14.4. The molecule has 2 aromatic carbocycles. The molecule has 0 saturated heterocycles. The molecular weight excluding hydrogens is 424 g/mol. The number of fused-ring (bicyclic) bond motifs is 1. The number of aliphatic hydroxyl groups is 1. The molecular formula is C24H24F4N2O2. The lowest BCUT2D eigenvalue weighted by Gasteiger charge is -2.41. The highest BCUT2D eigenvalue weighted by atomic mass is 19.4. The van der Waals surface area contributed by atoms with Gasteiger partial charge < -0.3 is 15.2 Å². The number of nitrogens with one attached hydrogen (secondary N) is 1. The van der Waals surface area contributed by atoms with Gasteiger partial charge in [0.2, 0.25) is 0 Å². The van der Waals surface area contributed by atoms with Gasteiger partial charge in [0.15, 0.2) is 5.60 Å². The number of methoxy groups -OCH3 is 1. The highest BCUT2D eigenvalue weighted by Gasteiger charge is 2.66. The van der Waals surface area contributed by atoms with E-state index in [2.05, 4.69) is 10.3 Å². The van der Waals surface area contributed by atoms with Crippen LogP contribution in [0.1, 0.15) is 31.0 Å². The van der Waals surface area contributed by atoms with Gasteiger partial charge in [0.1, 0.15) is 11.6 Å². The Labute approximate surface area is 183 Å². The van der Waals surface area contributed by atoms with Crippen LogP contribution in [-0.2, 0) is 5.41 Å². The summed E-state index contributed by atoms with van der Waals surface area (Å²) in [6.45, 7) is 2.58. The van der Waals surface area contributed by atoms with E-state index < -0.39 is 29.1 Å². The molecule has 2 atom stereocenters. The fraction of sp³-hybridized carbons (Fsp3) is 0.375. The molecule has 3 aromatic rings. The number of hydrogen-bond acceptors (Lipinski definition) is 4. The molecule has 4 rings (SSSR count). The van der Waals surface area contributed by atoms with Crippen LogP contribution in [0.5, 0.6) is 5.75 Å². The third-order valence-electron chi connectivity index (χ3n) is 6.35. The van der Waals surface area contributed by atoms with Gasteiger partial charge in [-0.15, -0.1) is 0 Å². The van der Waals surface area contributed by atoms with Gasteiger partial charge in [-0.1, -0.05) is 6.07 Å². The van der Waals surface area contributed by atoms with Crippen molar-refractivity contribution in [1.29, 1.82) is 0 Å². The molecule has 1 saturated carbocycles. The van der Waals surface area contributed by atoms with Crippen molar-refractivity contribution in [1.82, 2.24) is 4.98 Å². The summed E-state index contributed by atoms with van der Waals surface area (Å²) in [5.74, 6) is -0.300. The number of alkyl halides is 3. The fourth-order valence-corrected chi connectivity index (χ4v) is 4.44. The Morgan fingerprint density at radius 3 is 2.47 bits per heavy atom. The summed E-state index contributed by atoms with van der Waals surface area (Å²) in [6, 6.07) is 11.0. The number of pyridine rings is 1. The van der Waals surface area contributed by atoms with Crippen molar-refractivity contribution in [3.63, 3.8) is 0 Å². The first-order chi connectivity index (χ1) is 15.0. The van der Waals surface area contributed by atoms with Gasteiger partial charge in [0.25, 0.3) is 0 Å². The first-order valence-corrected chi connectivity index (χ1v) is 10.3. The van der Waals surface area contributed by atoms with Crippen LogP contribution in [0.15, 0.2) is 48.5 Å². The minimum absolute atomic E-state index is 0.281. The molecule has 32 heavy (non-hydrogen) atoms. The van der Waals surface area contributed by atoms with Crippen LogP contribution >= 0.6 is 0 Å². The van der Waals surface area contributed by atoms with Crippen molar-refractivity contribution in [2.24, 2.45) is 0 Å². The second-order valence-corrected chi connectivity index (χ2v) is 8.55. The standard InChI is InChI=1S/C24H24F4N2O2/c1-14-7-9-16-18(29-14)5-4-6-19(16)30-21(22(2,31)24(26,27)28)23(11-12-23)17-13-15(25)8-10-20(17)32-3/h4-10,13,21,30-31H,11-12H2,1-3H3. The third-order valence-corrected chi connectivity index (χ3v) is 6.35. The number of hydrogen-bond donors (Lipinski definition) is 2. The Morgan fingerprint density at radius 1 is 1.12 bits per heavy atom. The molecule has 1 aliphatic carbocycles. The number of nitrogens with zero attached hydrogens (tertiary/aromatic N) is 1. The van der Waals surface area contributed by atoms with E-state index in [9.17, 15) is 22.7 Å². The van der Waals surface area contributed by atoms with Gasteiger partial charge in [-0.25, -0.2) is 4.39 Å². The zero-order valence-electron chi connectivity index (χ0n) is 17.9. The van der Waals surface area contributed by atoms with Crippen molar-refractivity contribution >= 4 is 16.6 Å². The number of ether oxygens (including phenoxy) is 1. The van der Waals surface area contributed by atoms with E-state index in [1.165, 1.54) is 25.3 Å². The molecule has 0 spiro atoms. The fourth-order valence-electron chi connectivity index (χ4n) is 4.44. The highest BCUT2D eigenvalue weighted by molar-refractivity contribution is 5.91. The zero-order chi connectivity index (χ0) is 23.3. The molecule has 1 aliphatic rings. The van der Waals surface area contributed by atoms with E-state index >= 15 is 0 Å². The Morgan fingerprint density at radius 2 is 1.84 bits per heavy atom. The quantitative estimate of drug-likeness (QED) is 0.488. The average Bonchev–Trinajstić information content (AvgIpc) is 3.52. The summed E-state index contributed by atoms with van der Waals surface area (Å²) in [6.07, 6.45) is -4.27.